The van der Waals surface area contributed by atoms with Gasteiger partial charge in [0.1, 0.15) is 0 Å². The van der Waals surface area contributed by atoms with Crippen LogP contribution in [0.5, 0.6) is 0 Å². The van der Waals surface area contributed by atoms with E-state index in [1.165, 1.54) is 6.07 Å². The molecule has 2 fully saturated rings. The molecule has 0 N–H and O–H groups in total. The number of benzene rings is 1. The maximum atomic E-state index is 14.0. The minimum atomic E-state index is -4.58. The van der Waals surface area contributed by atoms with E-state index in [9.17, 15) is 13.2 Å². The van der Waals surface area contributed by atoms with E-state index in [0.29, 0.717) is 11.0 Å². The summed E-state index contributed by atoms with van der Waals surface area (Å²) < 4.78 is 65.7. The first-order valence-corrected chi connectivity index (χ1v) is 9.81. The fourth-order valence-electron chi connectivity index (χ4n) is 3.38. The molecule has 29 heavy (non-hydrogen) atoms. The minimum Gasteiger partial charge on any atom is -0.399 e. The van der Waals surface area contributed by atoms with E-state index in [0.717, 1.165) is 6.07 Å². The van der Waals surface area contributed by atoms with Gasteiger partial charge in [-0.05, 0) is 73.2 Å². The van der Waals surface area contributed by atoms with Crippen molar-refractivity contribution >= 4 is 25.2 Å². The van der Waals surface area contributed by atoms with Crippen molar-refractivity contribution in [3.63, 3.8) is 0 Å². The van der Waals surface area contributed by atoms with Crippen molar-refractivity contribution < 1.29 is 31.8 Å². The van der Waals surface area contributed by atoms with Crippen molar-refractivity contribution in [1.29, 1.82) is 0 Å². The van der Waals surface area contributed by atoms with Gasteiger partial charge >= 0.3 is 20.4 Å². The molecule has 2 aliphatic heterocycles. The maximum absolute atomic E-state index is 14.0. The van der Waals surface area contributed by atoms with Crippen molar-refractivity contribution in [1.82, 2.24) is 0 Å². The predicted octanol–water partition coefficient (Wildman–Crippen LogP) is 3.61. The standard InChI is InChI=1S/C20H29B2F3O4/c1-12-10-15(22-28-18(6,7)19(8,9)29-22)13(20(23,24)25)11-14(12)21-26-16(2,3)17(4,5)27-21/h10-11H,1-9H3. The first-order chi connectivity index (χ1) is 12.9. The Labute approximate surface area is 171 Å². The Hall–Kier alpha value is -1.02. The van der Waals surface area contributed by atoms with Gasteiger partial charge in [-0.2, -0.15) is 13.2 Å². The van der Waals surface area contributed by atoms with Crippen LogP contribution in [0.4, 0.5) is 13.2 Å². The third-order valence-electron chi connectivity index (χ3n) is 6.76. The van der Waals surface area contributed by atoms with E-state index in [1.54, 1.807) is 6.92 Å². The van der Waals surface area contributed by atoms with Crippen molar-refractivity contribution in [2.75, 3.05) is 0 Å². The summed E-state index contributed by atoms with van der Waals surface area (Å²) in [6.07, 6.45) is -4.58. The van der Waals surface area contributed by atoms with E-state index >= 15 is 0 Å². The first-order valence-electron chi connectivity index (χ1n) is 9.81. The van der Waals surface area contributed by atoms with Gasteiger partial charge in [0, 0.05) is 0 Å². The monoisotopic (exact) mass is 412 g/mol. The van der Waals surface area contributed by atoms with Gasteiger partial charge < -0.3 is 18.6 Å². The average Bonchev–Trinajstić information content (AvgIpc) is 2.85. The third kappa shape index (κ3) is 3.75. The van der Waals surface area contributed by atoms with Crippen LogP contribution in [0.15, 0.2) is 12.1 Å². The van der Waals surface area contributed by atoms with Gasteiger partial charge in [-0.3, -0.25) is 0 Å². The Morgan fingerprint density at radius 3 is 1.34 bits per heavy atom. The largest absolute Gasteiger partial charge is 0.495 e. The molecule has 0 amide bonds. The summed E-state index contributed by atoms with van der Waals surface area (Å²) in [7, 11) is -1.99. The molecule has 0 radical (unpaired) electrons. The zero-order chi connectivity index (χ0) is 22.2. The second-order valence-corrected chi connectivity index (χ2v) is 9.97. The molecule has 3 rings (SSSR count). The van der Waals surface area contributed by atoms with Crippen molar-refractivity contribution in [3.05, 3.63) is 23.3 Å². The zero-order valence-corrected chi connectivity index (χ0v) is 18.6. The van der Waals surface area contributed by atoms with E-state index < -0.39 is 48.4 Å². The molecule has 2 saturated heterocycles. The number of alkyl halides is 3. The highest BCUT2D eigenvalue weighted by Gasteiger charge is 2.55. The van der Waals surface area contributed by atoms with E-state index in [4.69, 9.17) is 18.6 Å². The smallest absolute Gasteiger partial charge is 0.399 e. The van der Waals surface area contributed by atoms with Gasteiger partial charge in [0.25, 0.3) is 0 Å². The highest BCUT2D eigenvalue weighted by Crippen LogP contribution is 2.39. The quantitative estimate of drug-likeness (QED) is 0.696. The van der Waals surface area contributed by atoms with Crippen LogP contribution in [0.2, 0.25) is 0 Å². The second kappa shape index (κ2) is 6.49. The van der Waals surface area contributed by atoms with Gasteiger partial charge in [0.15, 0.2) is 0 Å². The summed E-state index contributed by atoms with van der Waals surface area (Å²) in [5.41, 5.74) is -2.62. The van der Waals surface area contributed by atoms with E-state index in [1.807, 2.05) is 55.4 Å². The van der Waals surface area contributed by atoms with Crippen molar-refractivity contribution in [2.24, 2.45) is 0 Å². The lowest BCUT2D eigenvalue weighted by molar-refractivity contribution is -0.136. The number of hydrogen-bond donors (Lipinski definition) is 0. The number of halogens is 3. The SMILES string of the molecule is Cc1cc(B2OC(C)(C)C(C)(C)O2)c(C(F)(F)F)cc1B1OC(C)(C)C(C)(C)O1. The number of hydrogen-bond acceptors (Lipinski definition) is 4. The lowest BCUT2D eigenvalue weighted by Gasteiger charge is -2.32. The molecule has 0 aromatic heterocycles. The van der Waals surface area contributed by atoms with Crippen LogP contribution < -0.4 is 10.9 Å². The van der Waals surface area contributed by atoms with Crippen molar-refractivity contribution in [2.45, 2.75) is 90.9 Å². The maximum Gasteiger partial charge on any atom is 0.495 e. The van der Waals surface area contributed by atoms with Gasteiger partial charge in [-0.1, -0.05) is 17.7 Å². The zero-order valence-electron chi connectivity index (χ0n) is 18.6. The van der Waals surface area contributed by atoms with Gasteiger partial charge in [-0.15, -0.1) is 0 Å². The summed E-state index contributed by atoms with van der Waals surface area (Å²) in [6, 6.07) is 2.59. The minimum absolute atomic E-state index is 0.0334. The van der Waals surface area contributed by atoms with Crippen LogP contribution in [0.25, 0.3) is 0 Å². The van der Waals surface area contributed by atoms with Crippen LogP contribution in [-0.4, -0.2) is 36.6 Å². The Balaban J connectivity index is 2.07. The molecule has 0 saturated carbocycles. The summed E-state index contributed by atoms with van der Waals surface area (Å²) in [6.45, 7) is 16.5. The molecular weight excluding hydrogens is 383 g/mol. The highest BCUT2D eigenvalue weighted by molar-refractivity contribution is 6.65. The Morgan fingerprint density at radius 1 is 0.655 bits per heavy atom. The summed E-state index contributed by atoms with van der Waals surface area (Å²) in [5, 5.41) is 0. The summed E-state index contributed by atoms with van der Waals surface area (Å²) in [4.78, 5) is 0. The fourth-order valence-corrected chi connectivity index (χ4v) is 3.38. The molecule has 2 aliphatic rings. The molecule has 4 nitrogen and oxygen atoms in total. The third-order valence-corrected chi connectivity index (χ3v) is 6.76. The molecular formula is C20H29B2F3O4. The fraction of sp³-hybridized carbons (Fsp3) is 0.700. The lowest BCUT2D eigenvalue weighted by Crippen LogP contribution is -2.44. The normalized spacial score (nSPS) is 25.0. The van der Waals surface area contributed by atoms with Crippen LogP contribution in [0.3, 0.4) is 0 Å². The molecule has 0 spiro atoms. The topological polar surface area (TPSA) is 36.9 Å². The first kappa shape index (κ1) is 22.7. The van der Waals surface area contributed by atoms with Crippen LogP contribution in [-0.2, 0) is 24.8 Å². The Kier molecular flexibility index (Phi) is 5.07. The van der Waals surface area contributed by atoms with Crippen LogP contribution in [0.1, 0.15) is 66.5 Å². The molecule has 0 unspecified atom stereocenters. The van der Waals surface area contributed by atoms with Gasteiger partial charge in [-0.25, -0.2) is 0 Å². The molecule has 2 heterocycles. The molecule has 0 atom stereocenters. The highest BCUT2D eigenvalue weighted by atomic mass is 19.4. The van der Waals surface area contributed by atoms with Crippen molar-refractivity contribution in [3.8, 4) is 0 Å². The van der Waals surface area contributed by atoms with Crippen LogP contribution >= 0.6 is 0 Å². The average molecular weight is 412 g/mol. The lowest BCUT2D eigenvalue weighted by atomic mass is 9.69. The summed E-state index contributed by atoms with van der Waals surface area (Å²) in [5.74, 6) is 0. The molecule has 0 aliphatic carbocycles. The Morgan fingerprint density at radius 2 is 1.00 bits per heavy atom. The second-order valence-electron chi connectivity index (χ2n) is 9.97. The Bertz CT molecular complexity index is 787. The van der Waals surface area contributed by atoms with Crippen LogP contribution in [0, 0.1) is 6.92 Å². The molecule has 160 valence electrons. The summed E-state index contributed by atoms with van der Waals surface area (Å²) >= 11 is 0. The number of aryl methyl sites for hydroxylation is 1. The predicted molar refractivity (Wildman–Crippen MR) is 108 cm³/mol. The molecule has 1 aromatic rings. The molecule has 1 aromatic carbocycles. The molecule has 9 heteroatoms. The van der Waals surface area contributed by atoms with Gasteiger partial charge in [0.05, 0.1) is 28.0 Å². The van der Waals surface area contributed by atoms with Gasteiger partial charge in [0.2, 0.25) is 0 Å². The molecule has 0 bridgehead atoms. The number of rotatable bonds is 2. The van der Waals surface area contributed by atoms with E-state index in [-0.39, 0.29) is 5.46 Å². The van der Waals surface area contributed by atoms with E-state index in [2.05, 4.69) is 0 Å².